The minimum absolute atomic E-state index is 0.00664. The van der Waals surface area contributed by atoms with Crippen molar-refractivity contribution in [2.45, 2.75) is 32.9 Å². The van der Waals surface area contributed by atoms with Gasteiger partial charge in [0.15, 0.2) is 0 Å². The van der Waals surface area contributed by atoms with E-state index in [-0.39, 0.29) is 17.1 Å². The molecule has 19 heavy (non-hydrogen) atoms. The third kappa shape index (κ3) is 3.37. The fourth-order valence-electron chi connectivity index (χ4n) is 2.02. The highest BCUT2D eigenvalue weighted by Gasteiger charge is 2.14. The first-order valence-electron chi connectivity index (χ1n) is 6.24. The molecule has 0 saturated heterocycles. The van der Waals surface area contributed by atoms with Crippen molar-refractivity contribution >= 4 is 11.6 Å². The smallest absolute Gasteiger partial charge is 0.142 e. The fourth-order valence-corrected chi connectivity index (χ4v) is 2.14. The maximum atomic E-state index is 13.4. The van der Waals surface area contributed by atoms with Gasteiger partial charge in [-0.15, -0.1) is 0 Å². The van der Waals surface area contributed by atoms with E-state index in [1.165, 1.54) is 6.07 Å². The number of hydrogen-bond donors (Lipinski definition) is 1. The van der Waals surface area contributed by atoms with Crippen LogP contribution >= 0.6 is 11.6 Å². The molecule has 0 aliphatic carbocycles. The Hall–Kier alpha value is -1.32. The van der Waals surface area contributed by atoms with E-state index in [0.29, 0.717) is 0 Å². The number of nitrogens with one attached hydrogen (secondary N) is 1. The van der Waals surface area contributed by atoms with Gasteiger partial charge in [0.05, 0.1) is 11.1 Å². The lowest BCUT2D eigenvalue weighted by Crippen LogP contribution is -2.22. The van der Waals surface area contributed by atoms with Crippen LogP contribution in [0, 0.1) is 12.7 Å². The third-order valence-electron chi connectivity index (χ3n) is 3.13. The Morgan fingerprint density at radius 3 is 2.47 bits per heavy atom. The maximum Gasteiger partial charge on any atom is 0.142 e. The summed E-state index contributed by atoms with van der Waals surface area (Å²) in [7, 11) is 0. The molecule has 0 aliphatic heterocycles. The molecule has 2 aromatic rings. The van der Waals surface area contributed by atoms with E-state index < -0.39 is 5.82 Å². The summed E-state index contributed by atoms with van der Waals surface area (Å²) in [6.45, 7) is 5.91. The topological polar surface area (TPSA) is 25.2 Å². The van der Waals surface area contributed by atoms with Crippen molar-refractivity contribution in [1.82, 2.24) is 5.32 Å². The van der Waals surface area contributed by atoms with Crippen LogP contribution in [0.1, 0.15) is 43.0 Å². The second-order valence-electron chi connectivity index (χ2n) is 4.73. The molecule has 0 radical (unpaired) electrons. The van der Waals surface area contributed by atoms with E-state index in [4.69, 9.17) is 16.0 Å². The Kier molecular flexibility index (Phi) is 4.27. The van der Waals surface area contributed by atoms with Crippen molar-refractivity contribution in [2.24, 2.45) is 0 Å². The van der Waals surface area contributed by atoms with Crippen LogP contribution in [0.25, 0.3) is 0 Å². The lowest BCUT2D eigenvalue weighted by Gasteiger charge is -2.19. The number of furan rings is 1. The van der Waals surface area contributed by atoms with Crippen LogP contribution in [-0.2, 0) is 0 Å². The fraction of sp³-hybridized carbons (Fsp3) is 0.333. The van der Waals surface area contributed by atoms with Crippen molar-refractivity contribution in [3.05, 3.63) is 58.3 Å². The number of benzene rings is 1. The molecule has 2 unspecified atom stereocenters. The first-order valence-corrected chi connectivity index (χ1v) is 6.62. The monoisotopic (exact) mass is 281 g/mol. The molecule has 2 nitrogen and oxygen atoms in total. The summed E-state index contributed by atoms with van der Waals surface area (Å²) in [6.07, 6.45) is 0. The first kappa shape index (κ1) is 14.1. The van der Waals surface area contributed by atoms with Crippen LogP contribution in [0.4, 0.5) is 4.39 Å². The molecule has 1 aromatic carbocycles. The predicted molar refractivity (Wildman–Crippen MR) is 74.8 cm³/mol. The molecule has 0 fully saturated rings. The first-order chi connectivity index (χ1) is 8.97. The highest BCUT2D eigenvalue weighted by atomic mass is 35.5. The molecule has 2 atom stereocenters. The largest absolute Gasteiger partial charge is 0.465 e. The lowest BCUT2D eigenvalue weighted by molar-refractivity contribution is 0.392. The Bertz CT molecular complexity index is 567. The van der Waals surface area contributed by atoms with Crippen LogP contribution in [0.15, 0.2) is 34.7 Å². The Morgan fingerprint density at radius 2 is 1.89 bits per heavy atom. The number of rotatable bonds is 4. The minimum atomic E-state index is -0.394. The highest BCUT2D eigenvalue weighted by molar-refractivity contribution is 6.30. The van der Waals surface area contributed by atoms with E-state index in [0.717, 1.165) is 17.1 Å². The normalized spacial score (nSPS) is 14.4. The SMILES string of the molecule is Cc1ccc(C(C)NC(C)c2ccc(Cl)c(F)c2)o1. The van der Waals surface area contributed by atoms with Gasteiger partial charge in [-0.05, 0) is 50.6 Å². The molecule has 0 spiro atoms. The van der Waals surface area contributed by atoms with E-state index in [9.17, 15) is 4.39 Å². The Morgan fingerprint density at radius 1 is 1.16 bits per heavy atom. The van der Waals surface area contributed by atoms with Crippen LogP contribution in [0.5, 0.6) is 0 Å². The molecule has 0 amide bonds. The molecule has 1 N–H and O–H groups in total. The van der Waals surface area contributed by atoms with E-state index in [2.05, 4.69) is 5.32 Å². The van der Waals surface area contributed by atoms with Gasteiger partial charge < -0.3 is 9.73 Å². The Balaban J connectivity index is 2.07. The third-order valence-corrected chi connectivity index (χ3v) is 3.44. The summed E-state index contributed by atoms with van der Waals surface area (Å²) < 4.78 is 19.0. The molecule has 0 aliphatic rings. The zero-order valence-electron chi connectivity index (χ0n) is 11.2. The summed E-state index contributed by atoms with van der Waals surface area (Å²) in [4.78, 5) is 0. The van der Waals surface area contributed by atoms with Gasteiger partial charge in [-0.2, -0.15) is 0 Å². The van der Waals surface area contributed by atoms with Gasteiger partial charge in [-0.3, -0.25) is 0 Å². The quantitative estimate of drug-likeness (QED) is 0.871. The Labute approximate surface area is 117 Å². The van der Waals surface area contributed by atoms with Gasteiger partial charge in [-0.1, -0.05) is 17.7 Å². The summed E-state index contributed by atoms with van der Waals surface area (Å²) in [5.74, 6) is 1.36. The standard InChI is InChI=1S/C15H17ClFNO/c1-9-4-7-15(19-9)11(3)18-10(2)12-5-6-13(16)14(17)8-12/h4-8,10-11,18H,1-3H3. The van der Waals surface area contributed by atoms with Crippen molar-refractivity contribution in [3.63, 3.8) is 0 Å². The van der Waals surface area contributed by atoms with Crippen LogP contribution in [0.3, 0.4) is 0 Å². The number of halogens is 2. The van der Waals surface area contributed by atoms with Gasteiger partial charge in [0, 0.05) is 6.04 Å². The average molecular weight is 282 g/mol. The van der Waals surface area contributed by atoms with E-state index >= 15 is 0 Å². The van der Waals surface area contributed by atoms with Crippen molar-refractivity contribution in [2.75, 3.05) is 0 Å². The molecule has 0 bridgehead atoms. The summed E-state index contributed by atoms with van der Waals surface area (Å²) in [5, 5.41) is 3.51. The van der Waals surface area contributed by atoms with Crippen LogP contribution in [-0.4, -0.2) is 0 Å². The molecule has 102 valence electrons. The average Bonchev–Trinajstić information content (AvgIpc) is 2.79. The van der Waals surface area contributed by atoms with Gasteiger partial charge in [-0.25, -0.2) is 4.39 Å². The van der Waals surface area contributed by atoms with Crippen LogP contribution < -0.4 is 5.32 Å². The molecule has 1 heterocycles. The molecule has 1 aromatic heterocycles. The predicted octanol–water partition coefficient (Wildman–Crippen LogP) is 4.79. The van der Waals surface area contributed by atoms with E-state index in [1.807, 2.05) is 39.0 Å². The zero-order chi connectivity index (χ0) is 14.0. The zero-order valence-corrected chi connectivity index (χ0v) is 12.0. The van der Waals surface area contributed by atoms with E-state index in [1.54, 1.807) is 6.07 Å². The summed E-state index contributed by atoms with van der Waals surface area (Å²) in [5.41, 5.74) is 0.858. The van der Waals surface area contributed by atoms with Gasteiger partial charge in [0.25, 0.3) is 0 Å². The molecule has 2 rings (SSSR count). The number of aryl methyl sites for hydroxylation is 1. The molecule has 0 saturated carbocycles. The van der Waals surface area contributed by atoms with Crippen LogP contribution in [0.2, 0.25) is 5.02 Å². The second kappa shape index (κ2) is 5.76. The second-order valence-corrected chi connectivity index (χ2v) is 5.14. The highest BCUT2D eigenvalue weighted by Crippen LogP contribution is 2.23. The van der Waals surface area contributed by atoms with Crippen molar-refractivity contribution in [3.8, 4) is 0 Å². The van der Waals surface area contributed by atoms with Gasteiger partial charge >= 0.3 is 0 Å². The van der Waals surface area contributed by atoms with Gasteiger partial charge in [0.1, 0.15) is 17.3 Å². The lowest BCUT2D eigenvalue weighted by atomic mass is 10.1. The number of hydrogen-bond acceptors (Lipinski definition) is 2. The summed E-state index contributed by atoms with van der Waals surface area (Å²) >= 11 is 5.68. The molecular formula is C15H17ClFNO. The van der Waals surface area contributed by atoms with Gasteiger partial charge in [0.2, 0.25) is 0 Å². The minimum Gasteiger partial charge on any atom is -0.465 e. The summed E-state index contributed by atoms with van der Waals surface area (Å²) in [6, 6.07) is 8.80. The van der Waals surface area contributed by atoms with Crippen molar-refractivity contribution in [1.29, 1.82) is 0 Å². The molecule has 4 heteroatoms. The maximum absolute atomic E-state index is 13.4. The molecular weight excluding hydrogens is 265 g/mol. The van der Waals surface area contributed by atoms with Crippen molar-refractivity contribution < 1.29 is 8.81 Å².